The van der Waals surface area contributed by atoms with Crippen molar-refractivity contribution < 1.29 is 15.0 Å². The van der Waals surface area contributed by atoms with Gasteiger partial charge in [0.2, 0.25) is 5.75 Å². The molecule has 2 N–H and O–H groups in total. The maximum absolute atomic E-state index is 12.0. The second-order valence-corrected chi connectivity index (χ2v) is 4.10. The van der Waals surface area contributed by atoms with Crippen molar-refractivity contribution in [3.63, 3.8) is 0 Å². The molecule has 0 atom stereocenters. The first-order valence-electron chi connectivity index (χ1n) is 5.45. The van der Waals surface area contributed by atoms with Crippen LogP contribution in [0.4, 0.5) is 0 Å². The van der Waals surface area contributed by atoms with Crippen molar-refractivity contribution in [3.8, 4) is 5.75 Å². The monoisotopic (exact) mass is 259 g/mol. The van der Waals surface area contributed by atoms with E-state index in [9.17, 15) is 14.7 Å². The van der Waals surface area contributed by atoms with Gasteiger partial charge in [0.1, 0.15) is 0 Å². The fourth-order valence-electron chi connectivity index (χ4n) is 2.16. The van der Waals surface area contributed by atoms with Gasteiger partial charge in [0.05, 0.1) is 5.52 Å². The highest BCUT2D eigenvalue weighted by Crippen LogP contribution is 2.21. The third kappa shape index (κ3) is 1.35. The van der Waals surface area contributed by atoms with Crippen LogP contribution in [0, 0.1) is 0 Å². The topological polar surface area (TPSA) is 96.8 Å². The van der Waals surface area contributed by atoms with Crippen LogP contribution in [0.5, 0.6) is 5.75 Å². The number of carboxylic acid groups (broad SMARTS) is 1. The molecule has 0 aliphatic rings. The minimum Gasteiger partial charge on any atom is -0.501 e. The first-order valence-corrected chi connectivity index (χ1v) is 5.45. The van der Waals surface area contributed by atoms with E-state index in [4.69, 9.17) is 5.11 Å². The zero-order valence-electron chi connectivity index (χ0n) is 9.86. The molecular formula is C12H9N3O4. The summed E-state index contributed by atoms with van der Waals surface area (Å²) in [5.41, 5.74) is -0.519. The minimum atomic E-state index is -1.44. The average molecular weight is 259 g/mol. The van der Waals surface area contributed by atoms with Gasteiger partial charge < -0.3 is 10.2 Å². The second kappa shape index (κ2) is 3.58. The minimum absolute atomic E-state index is 0.207. The molecule has 19 heavy (non-hydrogen) atoms. The third-order valence-electron chi connectivity index (χ3n) is 3.03. The van der Waals surface area contributed by atoms with E-state index in [1.54, 1.807) is 31.3 Å². The Bertz CT molecular complexity index is 891. The standard InChI is InChI=1S/C12H9N3O4/c1-14-7-5-3-2-4-6(7)10-13-8(12(18)19)9(16)11(17)15(10)14/h2-5,16H,1H3,(H,18,19). The SMILES string of the molecule is Cn1c2ccccc2c2nc(C(=O)O)c(O)c(=O)n21. The Morgan fingerprint density at radius 2 is 2.00 bits per heavy atom. The van der Waals surface area contributed by atoms with Crippen molar-refractivity contribution in [2.24, 2.45) is 7.05 Å². The highest BCUT2D eigenvalue weighted by Gasteiger charge is 2.21. The summed E-state index contributed by atoms with van der Waals surface area (Å²) in [7, 11) is 1.64. The van der Waals surface area contributed by atoms with Crippen molar-refractivity contribution in [1.29, 1.82) is 0 Å². The largest absolute Gasteiger partial charge is 0.501 e. The maximum atomic E-state index is 12.0. The van der Waals surface area contributed by atoms with Gasteiger partial charge in [0.15, 0.2) is 11.3 Å². The van der Waals surface area contributed by atoms with E-state index in [1.165, 1.54) is 4.68 Å². The maximum Gasteiger partial charge on any atom is 0.358 e. The molecule has 7 nitrogen and oxygen atoms in total. The van der Waals surface area contributed by atoms with E-state index in [2.05, 4.69) is 4.98 Å². The van der Waals surface area contributed by atoms with Crippen LogP contribution in [0.15, 0.2) is 29.1 Å². The number of hydrogen-bond acceptors (Lipinski definition) is 4. The van der Waals surface area contributed by atoms with Gasteiger partial charge in [-0.2, -0.15) is 4.52 Å². The van der Waals surface area contributed by atoms with Crippen LogP contribution in [0.3, 0.4) is 0 Å². The first-order chi connectivity index (χ1) is 9.02. The van der Waals surface area contributed by atoms with E-state index in [-0.39, 0.29) is 5.65 Å². The molecule has 2 heterocycles. The van der Waals surface area contributed by atoms with Crippen LogP contribution in [-0.2, 0) is 7.05 Å². The fourth-order valence-corrected chi connectivity index (χ4v) is 2.16. The van der Waals surface area contributed by atoms with Crippen molar-refractivity contribution in [2.75, 3.05) is 0 Å². The van der Waals surface area contributed by atoms with Crippen molar-refractivity contribution in [1.82, 2.24) is 14.2 Å². The quantitative estimate of drug-likeness (QED) is 0.666. The molecule has 0 aliphatic carbocycles. The zero-order chi connectivity index (χ0) is 13.7. The Kier molecular flexibility index (Phi) is 2.12. The van der Waals surface area contributed by atoms with E-state index in [0.717, 1.165) is 4.52 Å². The number of benzene rings is 1. The van der Waals surface area contributed by atoms with E-state index < -0.39 is 23.0 Å². The molecule has 0 bridgehead atoms. The van der Waals surface area contributed by atoms with Crippen LogP contribution in [0.2, 0.25) is 0 Å². The number of aromatic nitrogens is 3. The predicted octanol–water partition coefficient (Wildman–Crippen LogP) is 0.590. The van der Waals surface area contributed by atoms with Gasteiger partial charge in [0, 0.05) is 12.4 Å². The average Bonchev–Trinajstić information content (AvgIpc) is 2.67. The lowest BCUT2D eigenvalue weighted by atomic mass is 10.2. The molecule has 0 radical (unpaired) electrons. The fraction of sp³-hybridized carbons (Fsp3) is 0.0833. The molecular weight excluding hydrogens is 250 g/mol. The lowest BCUT2D eigenvalue weighted by Crippen LogP contribution is -2.22. The molecule has 0 aliphatic heterocycles. The number of fused-ring (bicyclic) bond motifs is 3. The Morgan fingerprint density at radius 1 is 1.32 bits per heavy atom. The van der Waals surface area contributed by atoms with Gasteiger partial charge >= 0.3 is 11.5 Å². The molecule has 0 saturated carbocycles. The molecule has 3 aromatic rings. The summed E-state index contributed by atoms with van der Waals surface area (Å²) < 4.78 is 2.66. The number of nitrogens with zero attached hydrogens (tertiary/aromatic N) is 3. The highest BCUT2D eigenvalue weighted by atomic mass is 16.4. The van der Waals surface area contributed by atoms with Gasteiger partial charge in [0.25, 0.3) is 0 Å². The van der Waals surface area contributed by atoms with Gasteiger partial charge in [-0.1, -0.05) is 12.1 Å². The number of carbonyl (C=O) groups is 1. The molecule has 0 unspecified atom stereocenters. The molecule has 3 rings (SSSR count). The lowest BCUT2D eigenvalue weighted by Gasteiger charge is -2.02. The second-order valence-electron chi connectivity index (χ2n) is 4.10. The van der Waals surface area contributed by atoms with Gasteiger partial charge in [-0.15, -0.1) is 0 Å². The molecule has 7 heteroatoms. The molecule has 2 aromatic heterocycles. The summed E-state index contributed by atoms with van der Waals surface area (Å²) in [5, 5.41) is 19.2. The number of aryl methyl sites for hydroxylation is 1. The summed E-state index contributed by atoms with van der Waals surface area (Å²) in [6.07, 6.45) is 0. The smallest absolute Gasteiger partial charge is 0.358 e. The Morgan fingerprint density at radius 3 is 2.68 bits per heavy atom. The van der Waals surface area contributed by atoms with Gasteiger partial charge in [-0.25, -0.2) is 9.78 Å². The summed E-state index contributed by atoms with van der Waals surface area (Å²) in [6.45, 7) is 0. The Labute approximate surface area is 105 Å². The highest BCUT2D eigenvalue weighted by molar-refractivity contribution is 5.95. The predicted molar refractivity (Wildman–Crippen MR) is 66.6 cm³/mol. The van der Waals surface area contributed by atoms with Crippen LogP contribution in [0.1, 0.15) is 10.5 Å². The van der Waals surface area contributed by atoms with Gasteiger partial charge in [-0.05, 0) is 12.1 Å². The van der Waals surface area contributed by atoms with Crippen molar-refractivity contribution in [3.05, 3.63) is 40.3 Å². The number of carboxylic acids is 1. The number of aromatic hydroxyl groups is 1. The number of hydrogen-bond donors (Lipinski definition) is 2. The summed E-state index contributed by atoms with van der Waals surface area (Å²) in [5.74, 6) is -2.30. The van der Waals surface area contributed by atoms with Crippen LogP contribution < -0.4 is 5.56 Å². The number of para-hydroxylation sites is 1. The molecule has 1 aromatic carbocycles. The Balaban J connectivity index is 2.65. The summed E-state index contributed by atoms with van der Waals surface area (Å²) in [4.78, 5) is 26.9. The molecule has 0 amide bonds. The third-order valence-corrected chi connectivity index (χ3v) is 3.03. The van der Waals surface area contributed by atoms with Crippen molar-refractivity contribution in [2.45, 2.75) is 0 Å². The van der Waals surface area contributed by atoms with Crippen molar-refractivity contribution >= 4 is 22.5 Å². The van der Waals surface area contributed by atoms with Crippen LogP contribution >= 0.6 is 0 Å². The van der Waals surface area contributed by atoms with E-state index >= 15 is 0 Å². The lowest BCUT2D eigenvalue weighted by molar-refractivity contribution is 0.0686. The Hall–Kier alpha value is -2.83. The summed E-state index contributed by atoms with van der Waals surface area (Å²) >= 11 is 0. The summed E-state index contributed by atoms with van der Waals surface area (Å²) in [6, 6.07) is 7.08. The van der Waals surface area contributed by atoms with Crippen LogP contribution in [-0.4, -0.2) is 30.4 Å². The molecule has 0 saturated heterocycles. The number of rotatable bonds is 1. The van der Waals surface area contributed by atoms with E-state index in [1.807, 2.05) is 0 Å². The first kappa shape index (κ1) is 11.3. The van der Waals surface area contributed by atoms with Crippen LogP contribution in [0.25, 0.3) is 16.6 Å². The normalized spacial score (nSPS) is 11.2. The molecule has 96 valence electrons. The van der Waals surface area contributed by atoms with E-state index in [0.29, 0.717) is 10.9 Å². The molecule has 0 spiro atoms. The number of aromatic carboxylic acids is 1. The zero-order valence-corrected chi connectivity index (χ0v) is 9.86. The molecule has 0 fully saturated rings. The van der Waals surface area contributed by atoms with Gasteiger partial charge in [-0.3, -0.25) is 9.48 Å².